The number of hydrogen-bond acceptors (Lipinski definition) is 3. The van der Waals surface area contributed by atoms with E-state index in [1.54, 1.807) is 0 Å². The van der Waals surface area contributed by atoms with Crippen LogP contribution >= 0.6 is 0 Å². The highest BCUT2D eigenvalue weighted by atomic mass is 28.3. The first-order chi connectivity index (χ1) is 5.83. The van der Waals surface area contributed by atoms with Crippen LogP contribution in [0.1, 0.15) is 6.92 Å². The summed E-state index contributed by atoms with van der Waals surface area (Å²) in [6, 6.07) is 1.11. The predicted molar refractivity (Wildman–Crippen MR) is 50.0 cm³/mol. The number of rotatable bonds is 7. The minimum Gasteiger partial charge on any atom is -0.421 e. The molecule has 0 aromatic rings. The second kappa shape index (κ2) is 5.69. The molecule has 1 heterocycles. The normalized spacial score (nSPS) is 24.0. The van der Waals surface area contributed by atoms with Crippen molar-refractivity contribution in [1.82, 2.24) is 0 Å². The minimum atomic E-state index is -0.911. The Morgan fingerprint density at radius 3 is 2.92 bits per heavy atom. The van der Waals surface area contributed by atoms with Crippen molar-refractivity contribution < 1.29 is 13.9 Å². The summed E-state index contributed by atoms with van der Waals surface area (Å²) >= 11 is 0. The summed E-state index contributed by atoms with van der Waals surface area (Å²) in [7, 11) is -0.911. The van der Waals surface area contributed by atoms with Crippen LogP contribution in [0.4, 0.5) is 0 Å². The molecule has 1 saturated heterocycles. The molecule has 0 amide bonds. The van der Waals surface area contributed by atoms with Crippen molar-refractivity contribution in [2.24, 2.45) is 0 Å². The molecule has 0 spiro atoms. The summed E-state index contributed by atoms with van der Waals surface area (Å²) in [5.41, 5.74) is 0. The van der Waals surface area contributed by atoms with Gasteiger partial charge in [-0.3, -0.25) is 0 Å². The highest BCUT2D eigenvalue weighted by molar-refractivity contribution is 6.50. The van der Waals surface area contributed by atoms with E-state index in [4.69, 9.17) is 13.9 Å². The Balaban J connectivity index is 1.80. The van der Waals surface area contributed by atoms with E-state index in [1.165, 1.54) is 0 Å². The number of hydrogen-bond donors (Lipinski definition) is 0. The zero-order chi connectivity index (χ0) is 8.81. The molecule has 1 aliphatic rings. The Labute approximate surface area is 75.7 Å². The molecular formula is C8H18O3Si. The van der Waals surface area contributed by atoms with E-state index in [1.807, 2.05) is 6.92 Å². The van der Waals surface area contributed by atoms with Crippen molar-refractivity contribution in [3.05, 3.63) is 0 Å². The third kappa shape index (κ3) is 4.87. The Morgan fingerprint density at radius 1 is 1.58 bits per heavy atom. The lowest BCUT2D eigenvalue weighted by Gasteiger charge is -2.09. The van der Waals surface area contributed by atoms with Crippen molar-refractivity contribution >= 4 is 9.04 Å². The summed E-state index contributed by atoms with van der Waals surface area (Å²) in [5.74, 6) is 0. The van der Waals surface area contributed by atoms with E-state index in [0.717, 1.165) is 32.5 Å². The fourth-order valence-electron chi connectivity index (χ4n) is 0.996. The van der Waals surface area contributed by atoms with Gasteiger partial charge < -0.3 is 13.9 Å². The van der Waals surface area contributed by atoms with Crippen LogP contribution in [0.3, 0.4) is 0 Å². The van der Waals surface area contributed by atoms with Crippen LogP contribution in [0.15, 0.2) is 0 Å². The molecule has 0 aromatic carbocycles. The second-order valence-corrected chi connectivity index (χ2v) is 5.62. The van der Waals surface area contributed by atoms with Crippen molar-refractivity contribution in [3.8, 4) is 0 Å². The number of ether oxygens (including phenoxy) is 2. The maximum absolute atomic E-state index is 5.49. The average molecular weight is 190 g/mol. The molecule has 0 radical (unpaired) electrons. The van der Waals surface area contributed by atoms with Gasteiger partial charge in [-0.1, -0.05) is 0 Å². The van der Waals surface area contributed by atoms with E-state index in [2.05, 4.69) is 6.55 Å². The molecule has 0 saturated carbocycles. The molecule has 0 N–H and O–H groups in total. The van der Waals surface area contributed by atoms with Crippen molar-refractivity contribution in [1.29, 1.82) is 0 Å². The van der Waals surface area contributed by atoms with Crippen LogP contribution in [-0.4, -0.2) is 41.6 Å². The third-order valence-electron chi connectivity index (χ3n) is 1.83. The highest BCUT2D eigenvalue weighted by Gasteiger charge is 2.22. The summed E-state index contributed by atoms with van der Waals surface area (Å²) in [5, 5.41) is 0. The third-order valence-corrected chi connectivity index (χ3v) is 3.78. The van der Waals surface area contributed by atoms with Crippen molar-refractivity contribution in [3.63, 3.8) is 0 Å². The molecule has 2 atom stereocenters. The van der Waals surface area contributed by atoms with Crippen molar-refractivity contribution in [2.45, 2.75) is 25.6 Å². The predicted octanol–water partition coefficient (Wildman–Crippen LogP) is 0.792. The molecule has 1 aliphatic heterocycles. The van der Waals surface area contributed by atoms with Gasteiger partial charge in [0.25, 0.3) is 0 Å². The molecule has 72 valence electrons. The van der Waals surface area contributed by atoms with Gasteiger partial charge in [0.1, 0.15) is 6.10 Å². The van der Waals surface area contributed by atoms with Gasteiger partial charge in [-0.15, -0.1) is 0 Å². The largest absolute Gasteiger partial charge is 0.421 e. The lowest BCUT2D eigenvalue weighted by atomic mass is 10.5. The fourth-order valence-corrected chi connectivity index (χ4v) is 2.23. The summed E-state index contributed by atoms with van der Waals surface area (Å²) < 4.78 is 15.9. The van der Waals surface area contributed by atoms with Crippen LogP contribution in [-0.2, 0) is 13.9 Å². The Kier molecular flexibility index (Phi) is 4.83. The zero-order valence-corrected chi connectivity index (χ0v) is 9.07. The van der Waals surface area contributed by atoms with E-state index < -0.39 is 9.04 Å². The lowest BCUT2D eigenvalue weighted by molar-refractivity contribution is 0.125. The average Bonchev–Trinajstić information content (AvgIpc) is 2.82. The highest BCUT2D eigenvalue weighted by Crippen LogP contribution is 2.08. The van der Waals surface area contributed by atoms with Crippen LogP contribution in [0.25, 0.3) is 0 Å². The summed E-state index contributed by atoms with van der Waals surface area (Å²) in [6.45, 7) is 7.60. The van der Waals surface area contributed by atoms with Gasteiger partial charge in [-0.05, 0) is 19.5 Å². The topological polar surface area (TPSA) is 31.0 Å². The molecule has 1 rings (SSSR count). The standard InChI is InChI=1S/C8H18O3Si/c1-3-11-12(2)5-4-9-6-8-7-10-8/h8,12H,3-7H2,1-2H3. The zero-order valence-electron chi connectivity index (χ0n) is 7.91. The van der Waals surface area contributed by atoms with Crippen molar-refractivity contribution in [2.75, 3.05) is 26.4 Å². The maximum Gasteiger partial charge on any atom is 0.176 e. The van der Waals surface area contributed by atoms with Gasteiger partial charge in [0.05, 0.1) is 13.2 Å². The lowest BCUT2D eigenvalue weighted by Crippen LogP contribution is -2.16. The molecule has 0 aliphatic carbocycles. The van der Waals surface area contributed by atoms with E-state index in [9.17, 15) is 0 Å². The first-order valence-electron chi connectivity index (χ1n) is 4.64. The summed E-state index contributed by atoms with van der Waals surface area (Å²) in [6.07, 6.45) is 0.397. The smallest absolute Gasteiger partial charge is 0.176 e. The molecule has 2 unspecified atom stereocenters. The first kappa shape index (κ1) is 10.2. The SMILES string of the molecule is CCO[SiH](C)CCOCC1CO1. The summed E-state index contributed by atoms with van der Waals surface area (Å²) in [4.78, 5) is 0. The van der Waals surface area contributed by atoms with Gasteiger partial charge in [-0.25, -0.2) is 0 Å². The minimum absolute atomic E-state index is 0.397. The maximum atomic E-state index is 5.49. The fraction of sp³-hybridized carbons (Fsp3) is 1.00. The Hall–Kier alpha value is 0.0969. The van der Waals surface area contributed by atoms with E-state index in [0.29, 0.717) is 6.10 Å². The Bertz CT molecular complexity index is 117. The number of epoxide rings is 1. The van der Waals surface area contributed by atoms with Crippen LogP contribution in [0.5, 0.6) is 0 Å². The first-order valence-corrected chi connectivity index (χ1v) is 7.08. The monoisotopic (exact) mass is 190 g/mol. The van der Waals surface area contributed by atoms with Crippen LogP contribution < -0.4 is 0 Å². The molecule has 3 nitrogen and oxygen atoms in total. The Morgan fingerprint density at radius 2 is 2.33 bits per heavy atom. The van der Waals surface area contributed by atoms with Crippen LogP contribution in [0.2, 0.25) is 12.6 Å². The molecule has 4 heteroatoms. The quantitative estimate of drug-likeness (QED) is 0.338. The molecule has 0 aromatic heterocycles. The second-order valence-electron chi connectivity index (χ2n) is 3.08. The van der Waals surface area contributed by atoms with Gasteiger partial charge in [-0.2, -0.15) is 0 Å². The molecule has 0 bridgehead atoms. The molecule has 1 fully saturated rings. The molecular weight excluding hydrogens is 172 g/mol. The molecule has 12 heavy (non-hydrogen) atoms. The van der Waals surface area contributed by atoms with Gasteiger partial charge in [0.2, 0.25) is 0 Å². The van der Waals surface area contributed by atoms with Gasteiger partial charge >= 0.3 is 0 Å². The van der Waals surface area contributed by atoms with Crippen LogP contribution in [0, 0.1) is 0 Å². The van der Waals surface area contributed by atoms with Gasteiger partial charge in [0, 0.05) is 13.2 Å². The van der Waals surface area contributed by atoms with Gasteiger partial charge in [0.15, 0.2) is 9.04 Å². The van der Waals surface area contributed by atoms with E-state index >= 15 is 0 Å². The van der Waals surface area contributed by atoms with E-state index in [-0.39, 0.29) is 0 Å².